The maximum Gasteiger partial charge on any atom is 0.171 e. The van der Waals surface area contributed by atoms with E-state index < -0.39 is 29.6 Å². The van der Waals surface area contributed by atoms with Gasteiger partial charge in [-0.3, -0.25) is 0 Å². The third kappa shape index (κ3) is 1.64. The van der Waals surface area contributed by atoms with Gasteiger partial charge in [0.2, 0.25) is 0 Å². The van der Waals surface area contributed by atoms with Crippen molar-refractivity contribution in [2.45, 2.75) is 58.4 Å². The van der Waals surface area contributed by atoms with E-state index in [-0.39, 0.29) is 5.22 Å². The first-order valence-electron chi connectivity index (χ1n) is 6.80. The van der Waals surface area contributed by atoms with Gasteiger partial charge in [-0.05, 0) is 26.9 Å². The molecule has 1 heterocycles. The van der Waals surface area contributed by atoms with Crippen molar-refractivity contribution < 1.29 is 4.43 Å². The van der Waals surface area contributed by atoms with E-state index in [9.17, 15) is 0 Å². The lowest BCUT2D eigenvalue weighted by atomic mass is 10.5. The number of rotatable bonds is 2. The molecule has 0 bridgehead atoms. The lowest BCUT2D eigenvalue weighted by molar-refractivity contribution is 0.185. The molecule has 0 atom stereocenters. The third-order valence-corrected chi connectivity index (χ3v) is 69.7. The van der Waals surface area contributed by atoms with E-state index in [1.807, 2.05) is 0 Å². The van der Waals surface area contributed by atoms with Crippen molar-refractivity contribution in [1.82, 2.24) is 0 Å². The average Bonchev–Trinajstić information content (AvgIpc) is 2.15. The SMILES string of the molecule is C=C[Si]1(C=C)C(C)(C)O[Si](C)(C)[Si](C)(C)[Si]1(C)C. The molecule has 0 unspecified atom stereocenters. The van der Waals surface area contributed by atoms with E-state index >= 15 is 0 Å². The Balaban J connectivity index is 3.64. The van der Waals surface area contributed by atoms with Gasteiger partial charge in [0.25, 0.3) is 0 Å². The molecule has 0 aromatic rings. The van der Waals surface area contributed by atoms with Gasteiger partial charge in [-0.2, -0.15) is 0 Å². The zero-order valence-electron chi connectivity index (χ0n) is 13.5. The first kappa shape index (κ1) is 16.4. The summed E-state index contributed by atoms with van der Waals surface area (Å²) < 4.78 is 6.76. The summed E-state index contributed by atoms with van der Waals surface area (Å²) in [6.07, 6.45) is 0. The van der Waals surface area contributed by atoms with E-state index in [1.165, 1.54) is 0 Å². The van der Waals surface area contributed by atoms with Gasteiger partial charge in [-0.1, -0.05) is 37.6 Å². The minimum atomic E-state index is -1.77. The fraction of sp³-hybridized carbons (Fsp3) is 0.692. The molecule has 0 amide bonds. The Kier molecular flexibility index (Phi) is 3.77. The van der Waals surface area contributed by atoms with Crippen LogP contribution in [0.1, 0.15) is 13.8 Å². The minimum absolute atomic E-state index is 0.0233. The van der Waals surface area contributed by atoms with E-state index in [2.05, 4.69) is 77.7 Å². The molecule has 18 heavy (non-hydrogen) atoms. The first-order chi connectivity index (χ1) is 7.83. The second kappa shape index (κ2) is 4.15. The molecule has 1 aliphatic rings. The fourth-order valence-corrected chi connectivity index (χ4v) is 72.2. The van der Waals surface area contributed by atoms with Gasteiger partial charge < -0.3 is 4.43 Å². The van der Waals surface area contributed by atoms with Crippen LogP contribution in [-0.2, 0) is 4.43 Å². The molecule has 0 saturated carbocycles. The van der Waals surface area contributed by atoms with Gasteiger partial charge in [0, 0.05) is 12.3 Å². The summed E-state index contributed by atoms with van der Waals surface area (Å²) >= 11 is 0. The number of hydrogen-bond acceptors (Lipinski definition) is 1. The Morgan fingerprint density at radius 1 is 0.833 bits per heavy atom. The van der Waals surface area contributed by atoms with Crippen molar-refractivity contribution in [1.29, 1.82) is 0 Å². The van der Waals surface area contributed by atoms with Crippen molar-refractivity contribution in [3.63, 3.8) is 0 Å². The predicted octanol–water partition coefficient (Wildman–Crippen LogP) is 4.09. The molecule has 1 rings (SSSR count). The summed E-state index contributed by atoms with van der Waals surface area (Å²) in [6.45, 7) is 28.3. The highest BCUT2D eigenvalue weighted by Gasteiger charge is 2.71. The first-order valence-corrected chi connectivity index (χ1v) is 20.9. The van der Waals surface area contributed by atoms with Crippen molar-refractivity contribution in [3.8, 4) is 0 Å². The van der Waals surface area contributed by atoms with Crippen LogP contribution in [0.5, 0.6) is 0 Å². The summed E-state index contributed by atoms with van der Waals surface area (Å²) in [6, 6.07) is 0. The quantitative estimate of drug-likeness (QED) is 0.698. The number of hydrogen-bond donors (Lipinski definition) is 0. The van der Waals surface area contributed by atoms with Gasteiger partial charge in [0.05, 0.1) is 7.11 Å². The summed E-state index contributed by atoms with van der Waals surface area (Å²) in [4.78, 5) is 0. The average molecular weight is 315 g/mol. The summed E-state index contributed by atoms with van der Waals surface area (Å²) in [5.41, 5.74) is 4.56. The lowest BCUT2D eigenvalue weighted by Gasteiger charge is -2.65. The molecular weight excluding hydrogens is 284 g/mol. The van der Waals surface area contributed by atoms with Gasteiger partial charge in [-0.25, -0.2) is 0 Å². The largest absolute Gasteiger partial charge is 0.418 e. The van der Waals surface area contributed by atoms with Crippen LogP contribution in [0.3, 0.4) is 0 Å². The van der Waals surface area contributed by atoms with Crippen LogP contribution in [0.15, 0.2) is 24.6 Å². The Morgan fingerprint density at radius 2 is 1.22 bits per heavy atom. The highest BCUT2D eigenvalue weighted by Crippen LogP contribution is 2.48. The van der Waals surface area contributed by atoms with Gasteiger partial charge in [0.1, 0.15) is 7.59 Å². The zero-order valence-corrected chi connectivity index (χ0v) is 17.5. The molecule has 0 aromatic carbocycles. The predicted molar refractivity (Wildman–Crippen MR) is 93.8 cm³/mol. The highest BCUT2D eigenvalue weighted by molar-refractivity contribution is 7.85. The summed E-state index contributed by atoms with van der Waals surface area (Å²) in [5.74, 6) is 0. The summed E-state index contributed by atoms with van der Waals surface area (Å²) in [7, 11) is -6.07. The van der Waals surface area contributed by atoms with E-state index in [1.54, 1.807) is 0 Å². The Bertz CT molecular complexity index is 374. The molecule has 104 valence electrons. The van der Waals surface area contributed by atoms with E-state index in [0.717, 1.165) is 0 Å². The summed E-state index contributed by atoms with van der Waals surface area (Å²) in [5, 5.41) is -0.0233. The second-order valence-corrected chi connectivity index (χ2v) is 45.2. The van der Waals surface area contributed by atoms with Crippen molar-refractivity contribution in [2.24, 2.45) is 0 Å². The van der Waals surface area contributed by atoms with Crippen LogP contribution < -0.4 is 0 Å². The smallest absolute Gasteiger partial charge is 0.171 e. The van der Waals surface area contributed by atoms with Gasteiger partial charge >= 0.3 is 0 Å². The standard InChI is InChI=1S/C13H30OSi4/c1-11-18(12-2)13(3,4)14-15(5,6)16(7,8)17(18,9)10/h11-12H,1-2H2,3-10H3. The minimum Gasteiger partial charge on any atom is -0.418 e. The van der Waals surface area contributed by atoms with Crippen molar-refractivity contribution >= 4 is 29.6 Å². The second-order valence-electron chi connectivity index (χ2n) is 7.65. The molecule has 0 radical (unpaired) electrons. The Labute approximate surface area is 117 Å². The van der Waals surface area contributed by atoms with Gasteiger partial charge in [0.15, 0.2) is 7.83 Å². The van der Waals surface area contributed by atoms with Gasteiger partial charge in [-0.15, -0.1) is 13.2 Å². The van der Waals surface area contributed by atoms with Crippen molar-refractivity contribution in [3.05, 3.63) is 24.6 Å². The monoisotopic (exact) mass is 314 g/mol. The van der Waals surface area contributed by atoms with Crippen LogP contribution in [0.2, 0.25) is 39.3 Å². The van der Waals surface area contributed by atoms with E-state index in [4.69, 9.17) is 4.43 Å². The molecule has 1 nitrogen and oxygen atoms in total. The molecule has 0 aliphatic carbocycles. The lowest BCUT2D eigenvalue weighted by Crippen LogP contribution is -2.90. The van der Waals surface area contributed by atoms with Crippen LogP contribution in [0.4, 0.5) is 0 Å². The van der Waals surface area contributed by atoms with Crippen LogP contribution in [-0.4, -0.2) is 34.9 Å². The molecular formula is C13H30OSi4. The maximum atomic E-state index is 6.76. The van der Waals surface area contributed by atoms with E-state index in [0.29, 0.717) is 0 Å². The fourth-order valence-electron chi connectivity index (χ4n) is 3.96. The Morgan fingerprint density at radius 3 is 1.56 bits per heavy atom. The Hall–Kier alpha value is 0.308. The van der Waals surface area contributed by atoms with Crippen LogP contribution in [0, 0.1) is 0 Å². The van der Waals surface area contributed by atoms with Crippen LogP contribution >= 0.6 is 0 Å². The molecule has 1 saturated heterocycles. The highest BCUT2D eigenvalue weighted by atomic mass is 29.8. The topological polar surface area (TPSA) is 9.23 Å². The molecule has 0 spiro atoms. The van der Waals surface area contributed by atoms with Crippen LogP contribution in [0.25, 0.3) is 0 Å². The molecule has 0 N–H and O–H groups in total. The zero-order chi connectivity index (χ0) is 14.6. The molecule has 5 heteroatoms. The normalized spacial score (nSPS) is 30.4. The molecule has 1 aliphatic heterocycles. The maximum absolute atomic E-state index is 6.76. The van der Waals surface area contributed by atoms with Crippen molar-refractivity contribution in [2.75, 3.05) is 0 Å². The third-order valence-electron chi connectivity index (χ3n) is 6.25. The molecule has 1 fully saturated rings. The molecule has 0 aromatic heterocycles.